The summed E-state index contributed by atoms with van der Waals surface area (Å²) in [5.74, 6) is -0.115. The monoisotopic (exact) mass is 511 g/mol. The van der Waals surface area contributed by atoms with Gasteiger partial charge in [-0.15, -0.1) is 0 Å². The van der Waals surface area contributed by atoms with Gasteiger partial charge in [0.2, 0.25) is 21.7 Å². The lowest BCUT2D eigenvalue weighted by atomic mass is 9.83. The number of hydrogen-bond donors (Lipinski definition) is 2. The Balaban J connectivity index is 1.60. The van der Waals surface area contributed by atoms with Crippen LogP contribution in [0.5, 0.6) is 0 Å². The third kappa shape index (κ3) is 5.65. The van der Waals surface area contributed by atoms with Crippen LogP contribution in [-0.2, 0) is 19.4 Å². The highest BCUT2D eigenvalue weighted by atomic mass is 32.2. The van der Waals surface area contributed by atoms with Crippen molar-refractivity contribution >= 4 is 21.7 Å². The third-order valence-electron chi connectivity index (χ3n) is 7.65. The molecule has 0 bridgehead atoms. The Morgan fingerprint density at radius 1 is 0.917 bits per heavy atom. The van der Waals surface area contributed by atoms with Crippen molar-refractivity contribution in [2.75, 3.05) is 13.6 Å². The van der Waals surface area contributed by atoms with Gasteiger partial charge in [0, 0.05) is 6.54 Å². The molecule has 0 aromatic heterocycles. The predicted octanol–water partition coefficient (Wildman–Crippen LogP) is 3.86. The molecule has 0 radical (unpaired) electrons. The molecule has 1 aliphatic heterocycles. The summed E-state index contributed by atoms with van der Waals surface area (Å²) < 4.78 is 26.4. The summed E-state index contributed by atoms with van der Waals surface area (Å²) in [6.45, 7) is 2.38. The third-order valence-corrected chi connectivity index (χ3v) is 9.42. The van der Waals surface area contributed by atoms with Crippen LogP contribution in [0.25, 0.3) is 0 Å². The molecular weight excluding hydrogens is 474 g/mol. The number of sulfone groups is 1. The van der Waals surface area contributed by atoms with Crippen LogP contribution in [0.4, 0.5) is 0 Å². The number of nitrogens with one attached hydrogen (secondary N) is 2. The van der Waals surface area contributed by atoms with E-state index < -0.39 is 21.9 Å². The Hall–Kier alpha value is -2.71. The van der Waals surface area contributed by atoms with Crippen LogP contribution in [0.3, 0.4) is 0 Å². The summed E-state index contributed by atoms with van der Waals surface area (Å²) >= 11 is 0. The van der Waals surface area contributed by atoms with Gasteiger partial charge in [-0.25, -0.2) is 8.42 Å². The van der Waals surface area contributed by atoms with Crippen molar-refractivity contribution in [3.63, 3.8) is 0 Å². The standard InChI is InChI=1S/C28H37N3O4S/c1-20(29-2)27(32)30-26(21-11-5-3-6-12-21)28(33)31-18-10-17-25(31)22-13-9-16-24(19-22)36(34,35)23-14-7-4-8-15-23/h4,7-9,13-16,19-21,25-26,29H,3,5-6,10-12,17-18H2,1-2H3,(H,30,32)/t20-,25+,26-/m0/s1. The van der Waals surface area contributed by atoms with E-state index in [4.69, 9.17) is 0 Å². The molecule has 1 heterocycles. The lowest BCUT2D eigenvalue weighted by molar-refractivity contribution is -0.139. The van der Waals surface area contributed by atoms with Crippen molar-refractivity contribution in [3.8, 4) is 0 Å². The smallest absolute Gasteiger partial charge is 0.245 e. The average Bonchev–Trinajstić information content (AvgIpc) is 3.42. The Morgan fingerprint density at radius 3 is 2.31 bits per heavy atom. The summed E-state index contributed by atoms with van der Waals surface area (Å²) in [5.41, 5.74) is 0.815. The molecule has 194 valence electrons. The van der Waals surface area contributed by atoms with E-state index >= 15 is 0 Å². The largest absolute Gasteiger partial charge is 0.343 e. The van der Waals surface area contributed by atoms with Crippen LogP contribution in [0, 0.1) is 5.92 Å². The zero-order valence-corrected chi connectivity index (χ0v) is 22.0. The molecule has 2 aromatic rings. The number of benzene rings is 2. The van der Waals surface area contributed by atoms with Gasteiger partial charge >= 0.3 is 0 Å². The van der Waals surface area contributed by atoms with Gasteiger partial charge in [0.05, 0.1) is 21.9 Å². The minimum absolute atomic E-state index is 0.0580. The number of nitrogens with zero attached hydrogens (tertiary/aromatic N) is 1. The highest BCUT2D eigenvalue weighted by Gasteiger charge is 2.39. The fourth-order valence-corrected chi connectivity index (χ4v) is 6.78. The summed E-state index contributed by atoms with van der Waals surface area (Å²) in [5, 5.41) is 6.01. The molecule has 0 spiro atoms. The zero-order chi connectivity index (χ0) is 25.7. The van der Waals surface area contributed by atoms with Gasteiger partial charge in [0.25, 0.3) is 0 Å². The highest BCUT2D eigenvalue weighted by Crippen LogP contribution is 2.36. The second-order valence-corrected chi connectivity index (χ2v) is 11.9. The maximum absolute atomic E-state index is 14.0. The molecule has 7 nitrogen and oxygen atoms in total. The Morgan fingerprint density at radius 2 is 1.61 bits per heavy atom. The molecule has 2 N–H and O–H groups in total. The van der Waals surface area contributed by atoms with Crippen LogP contribution < -0.4 is 10.6 Å². The molecule has 36 heavy (non-hydrogen) atoms. The van der Waals surface area contributed by atoms with Crippen molar-refractivity contribution in [3.05, 3.63) is 60.2 Å². The van der Waals surface area contributed by atoms with Crippen molar-refractivity contribution in [2.24, 2.45) is 5.92 Å². The summed E-state index contributed by atoms with van der Waals surface area (Å²) in [7, 11) is -1.93. The Labute approximate surface area is 214 Å². The number of amides is 2. The predicted molar refractivity (Wildman–Crippen MR) is 139 cm³/mol. The van der Waals surface area contributed by atoms with Crippen molar-refractivity contribution < 1.29 is 18.0 Å². The van der Waals surface area contributed by atoms with Gasteiger partial charge < -0.3 is 15.5 Å². The van der Waals surface area contributed by atoms with E-state index in [9.17, 15) is 18.0 Å². The first-order valence-electron chi connectivity index (χ1n) is 13.0. The summed E-state index contributed by atoms with van der Waals surface area (Å²) in [6, 6.07) is 14.2. The van der Waals surface area contributed by atoms with Crippen molar-refractivity contribution in [2.45, 2.75) is 79.8 Å². The topological polar surface area (TPSA) is 95.6 Å². The van der Waals surface area contributed by atoms with Crippen LogP contribution in [0.15, 0.2) is 64.4 Å². The van der Waals surface area contributed by atoms with Gasteiger partial charge in [-0.2, -0.15) is 0 Å². The first-order valence-corrected chi connectivity index (χ1v) is 14.5. The summed E-state index contributed by atoms with van der Waals surface area (Å²) in [4.78, 5) is 29.1. The first kappa shape index (κ1) is 26.4. The molecule has 2 aliphatic rings. The van der Waals surface area contributed by atoms with E-state index in [1.807, 2.05) is 11.0 Å². The lowest BCUT2D eigenvalue weighted by Gasteiger charge is -2.35. The highest BCUT2D eigenvalue weighted by molar-refractivity contribution is 7.91. The van der Waals surface area contributed by atoms with Crippen molar-refractivity contribution in [1.29, 1.82) is 0 Å². The van der Waals surface area contributed by atoms with Gasteiger partial charge in [0.15, 0.2) is 0 Å². The number of carbonyl (C=O) groups excluding carboxylic acids is 2. The van der Waals surface area contributed by atoms with E-state index in [2.05, 4.69) is 10.6 Å². The molecule has 1 saturated heterocycles. The number of rotatable bonds is 8. The molecule has 0 unspecified atom stereocenters. The number of hydrogen-bond acceptors (Lipinski definition) is 5. The molecule has 1 aliphatic carbocycles. The molecule has 4 rings (SSSR count). The molecule has 2 amide bonds. The van der Waals surface area contributed by atoms with E-state index in [1.54, 1.807) is 62.5 Å². The quantitative estimate of drug-likeness (QED) is 0.561. The second-order valence-electron chi connectivity index (χ2n) is 9.97. The fourth-order valence-electron chi connectivity index (χ4n) is 5.44. The van der Waals surface area contributed by atoms with Crippen LogP contribution in [-0.4, -0.2) is 50.8 Å². The first-order chi connectivity index (χ1) is 17.3. The van der Waals surface area contributed by atoms with Crippen LogP contribution in [0.1, 0.15) is 63.5 Å². The number of carbonyl (C=O) groups is 2. The minimum atomic E-state index is -3.66. The average molecular weight is 512 g/mol. The number of likely N-dealkylation sites (N-methyl/N-ethyl adjacent to an activating group) is 1. The lowest BCUT2D eigenvalue weighted by Crippen LogP contribution is -2.55. The van der Waals surface area contributed by atoms with E-state index in [1.165, 1.54) is 0 Å². The SMILES string of the molecule is CN[C@@H](C)C(=O)N[C@H](C(=O)N1CCC[C@@H]1c1cccc(S(=O)(=O)c2ccccc2)c1)C1CCCCC1. The molecular formula is C28H37N3O4S. The van der Waals surface area contributed by atoms with E-state index in [0.717, 1.165) is 50.5 Å². The van der Waals surface area contributed by atoms with E-state index in [0.29, 0.717) is 6.54 Å². The van der Waals surface area contributed by atoms with Gasteiger partial charge in [-0.3, -0.25) is 9.59 Å². The van der Waals surface area contributed by atoms with Gasteiger partial charge in [0.1, 0.15) is 6.04 Å². The maximum atomic E-state index is 14.0. The summed E-state index contributed by atoms with van der Waals surface area (Å²) in [6.07, 6.45) is 6.74. The fraction of sp³-hybridized carbons (Fsp3) is 0.500. The minimum Gasteiger partial charge on any atom is -0.343 e. The van der Waals surface area contributed by atoms with Gasteiger partial charge in [-0.1, -0.05) is 49.6 Å². The molecule has 2 fully saturated rings. The maximum Gasteiger partial charge on any atom is 0.245 e. The normalized spacial score (nSPS) is 20.6. The Bertz CT molecular complexity index is 1160. The molecule has 1 saturated carbocycles. The second kappa shape index (κ2) is 11.6. The van der Waals surface area contributed by atoms with E-state index in [-0.39, 0.29) is 33.6 Å². The van der Waals surface area contributed by atoms with Crippen molar-refractivity contribution in [1.82, 2.24) is 15.5 Å². The molecule has 3 atom stereocenters. The zero-order valence-electron chi connectivity index (χ0n) is 21.2. The molecule has 2 aromatic carbocycles. The van der Waals surface area contributed by atoms with Crippen LogP contribution >= 0.6 is 0 Å². The Kier molecular flexibility index (Phi) is 8.46. The molecule has 8 heteroatoms. The number of likely N-dealkylation sites (tertiary alicyclic amines) is 1. The van der Waals surface area contributed by atoms with Crippen LogP contribution in [0.2, 0.25) is 0 Å². The van der Waals surface area contributed by atoms with Gasteiger partial charge in [-0.05, 0) is 75.4 Å².